The number of ketones is 1. The van der Waals surface area contributed by atoms with Crippen molar-refractivity contribution >= 4 is 51.1 Å². The van der Waals surface area contributed by atoms with Crippen LogP contribution in [0, 0.1) is 0 Å². The van der Waals surface area contributed by atoms with Crippen molar-refractivity contribution in [3.63, 3.8) is 0 Å². The zero-order valence-corrected chi connectivity index (χ0v) is 15.6. The fourth-order valence-electron chi connectivity index (χ4n) is 2.89. The van der Waals surface area contributed by atoms with E-state index < -0.39 is 0 Å². The molecule has 0 unspecified atom stereocenters. The Labute approximate surface area is 155 Å². The number of thiophene rings is 1. The van der Waals surface area contributed by atoms with Crippen molar-refractivity contribution in [1.82, 2.24) is 0 Å². The van der Waals surface area contributed by atoms with Gasteiger partial charge < -0.3 is 15.4 Å². The summed E-state index contributed by atoms with van der Waals surface area (Å²) in [5.74, 6) is -0.353. The summed E-state index contributed by atoms with van der Waals surface area (Å²) in [6.07, 6.45) is 2.93. The highest BCUT2D eigenvalue weighted by Gasteiger charge is 2.27. The van der Waals surface area contributed by atoms with E-state index in [-0.39, 0.29) is 11.8 Å². The summed E-state index contributed by atoms with van der Waals surface area (Å²) in [7, 11) is 1.38. The number of fused-ring (bicyclic) bond motifs is 1. The number of Topliss-reactive ketones (excluding diaryl/α,β-unsaturated/α-hetero) is 1. The molecule has 0 saturated heterocycles. The van der Waals surface area contributed by atoms with Crippen LogP contribution in [0.4, 0.5) is 10.7 Å². The smallest absolute Gasteiger partial charge is 0.341 e. The van der Waals surface area contributed by atoms with Gasteiger partial charge in [0.25, 0.3) is 0 Å². The number of carbonyl (C=O) groups is 2. The van der Waals surface area contributed by atoms with E-state index in [2.05, 4.69) is 10.6 Å². The van der Waals surface area contributed by atoms with Gasteiger partial charge in [0.1, 0.15) is 5.00 Å². The van der Waals surface area contributed by atoms with Crippen molar-refractivity contribution in [3.8, 4) is 0 Å². The first-order chi connectivity index (χ1) is 12.0. The van der Waals surface area contributed by atoms with Crippen LogP contribution in [0.2, 0.25) is 0 Å². The van der Waals surface area contributed by atoms with E-state index in [4.69, 9.17) is 17.0 Å². The molecule has 0 amide bonds. The lowest BCUT2D eigenvalue weighted by atomic mass is 10.1. The number of ether oxygens (including phenoxy) is 1. The minimum Gasteiger partial charge on any atom is -0.465 e. The molecule has 0 aliphatic heterocycles. The van der Waals surface area contributed by atoms with Crippen molar-refractivity contribution in [2.45, 2.75) is 26.2 Å². The predicted octanol–water partition coefficient (Wildman–Crippen LogP) is 4.03. The molecule has 1 aliphatic carbocycles. The minimum absolute atomic E-state index is 0.00909. The molecule has 0 saturated carbocycles. The third kappa shape index (κ3) is 3.72. The second-order valence-corrected chi connectivity index (χ2v) is 7.28. The quantitative estimate of drug-likeness (QED) is 0.478. The van der Waals surface area contributed by atoms with Crippen LogP contribution in [0.25, 0.3) is 0 Å². The number of hydrogen-bond donors (Lipinski definition) is 2. The Balaban J connectivity index is 1.79. The summed E-state index contributed by atoms with van der Waals surface area (Å²) in [6, 6.07) is 7.12. The van der Waals surface area contributed by atoms with Crippen LogP contribution < -0.4 is 10.6 Å². The summed E-state index contributed by atoms with van der Waals surface area (Å²) in [4.78, 5) is 24.9. The molecule has 5 nitrogen and oxygen atoms in total. The SMILES string of the molecule is COC(=O)c1c(NC(=S)Nc2cccc(C(C)=O)c2)sc2c1CCC2. The third-order valence-electron chi connectivity index (χ3n) is 4.06. The predicted molar refractivity (Wildman–Crippen MR) is 104 cm³/mol. The Kier molecular flexibility index (Phi) is 5.15. The molecule has 0 radical (unpaired) electrons. The minimum atomic E-state index is -0.344. The number of nitrogens with one attached hydrogen (secondary N) is 2. The van der Waals surface area contributed by atoms with Gasteiger partial charge in [-0.1, -0.05) is 12.1 Å². The van der Waals surface area contributed by atoms with Crippen molar-refractivity contribution < 1.29 is 14.3 Å². The normalized spacial score (nSPS) is 12.4. The Bertz CT molecular complexity index is 858. The Morgan fingerprint density at radius 1 is 1.24 bits per heavy atom. The van der Waals surface area contributed by atoms with Gasteiger partial charge in [-0.3, -0.25) is 4.79 Å². The first-order valence-corrected chi connectivity index (χ1v) is 9.14. The number of benzene rings is 1. The number of aryl methyl sites for hydroxylation is 1. The van der Waals surface area contributed by atoms with E-state index in [0.717, 1.165) is 24.8 Å². The number of thiocarbonyl (C=S) groups is 1. The highest BCUT2D eigenvalue weighted by atomic mass is 32.1. The number of hydrogen-bond acceptors (Lipinski definition) is 5. The summed E-state index contributed by atoms with van der Waals surface area (Å²) in [6.45, 7) is 1.52. The average molecular weight is 374 g/mol. The molecule has 1 heterocycles. The first kappa shape index (κ1) is 17.6. The summed E-state index contributed by atoms with van der Waals surface area (Å²) in [5.41, 5.74) is 2.98. The van der Waals surface area contributed by atoms with Gasteiger partial charge in [-0.2, -0.15) is 0 Å². The highest BCUT2D eigenvalue weighted by Crippen LogP contribution is 2.39. The van der Waals surface area contributed by atoms with E-state index in [1.165, 1.54) is 18.9 Å². The molecule has 0 bridgehead atoms. The van der Waals surface area contributed by atoms with Gasteiger partial charge in [0.05, 0.1) is 12.7 Å². The van der Waals surface area contributed by atoms with Gasteiger partial charge in [0.2, 0.25) is 0 Å². The van der Waals surface area contributed by atoms with E-state index in [1.807, 2.05) is 6.07 Å². The fraction of sp³-hybridized carbons (Fsp3) is 0.278. The van der Waals surface area contributed by atoms with Crippen LogP contribution in [0.5, 0.6) is 0 Å². The van der Waals surface area contributed by atoms with Crippen LogP contribution in [0.3, 0.4) is 0 Å². The molecule has 2 aromatic rings. The summed E-state index contributed by atoms with van der Waals surface area (Å²) >= 11 is 6.91. The van der Waals surface area contributed by atoms with Crippen LogP contribution in [-0.4, -0.2) is 24.0 Å². The van der Waals surface area contributed by atoms with Gasteiger partial charge in [0, 0.05) is 16.1 Å². The van der Waals surface area contributed by atoms with Crippen LogP contribution in [0.15, 0.2) is 24.3 Å². The maximum Gasteiger partial charge on any atom is 0.341 e. The van der Waals surface area contributed by atoms with Crippen LogP contribution >= 0.6 is 23.6 Å². The highest BCUT2D eigenvalue weighted by molar-refractivity contribution is 7.80. The second kappa shape index (κ2) is 7.33. The van der Waals surface area contributed by atoms with E-state index >= 15 is 0 Å². The largest absolute Gasteiger partial charge is 0.465 e. The second-order valence-electron chi connectivity index (χ2n) is 5.77. The molecule has 0 fully saturated rings. The van der Waals surface area contributed by atoms with Crippen molar-refractivity contribution in [1.29, 1.82) is 0 Å². The van der Waals surface area contributed by atoms with E-state index in [9.17, 15) is 9.59 Å². The Morgan fingerprint density at radius 2 is 2.04 bits per heavy atom. The van der Waals surface area contributed by atoms with Crippen LogP contribution in [0.1, 0.15) is 44.5 Å². The molecule has 1 aromatic carbocycles. The summed E-state index contributed by atoms with van der Waals surface area (Å²) in [5, 5.41) is 7.23. The maximum absolute atomic E-state index is 12.2. The Hall–Kier alpha value is -2.25. The van der Waals surface area contributed by atoms with Crippen molar-refractivity contribution in [3.05, 3.63) is 45.8 Å². The van der Waals surface area contributed by atoms with E-state index in [0.29, 0.717) is 26.9 Å². The molecule has 2 N–H and O–H groups in total. The fourth-order valence-corrected chi connectivity index (χ4v) is 4.46. The lowest BCUT2D eigenvalue weighted by Gasteiger charge is -2.11. The van der Waals surface area contributed by atoms with Gasteiger partial charge in [-0.05, 0) is 56.1 Å². The first-order valence-electron chi connectivity index (χ1n) is 7.91. The molecule has 25 heavy (non-hydrogen) atoms. The standard InChI is InChI=1S/C18H18N2O3S2/c1-10(21)11-5-3-6-12(9-11)19-18(24)20-16-15(17(22)23-2)13-7-4-8-14(13)25-16/h3,5-6,9H,4,7-8H2,1-2H3,(H2,19,20,24). The van der Waals surface area contributed by atoms with Gasteiger partial charge in [-0.15, -0.1) is 11.3 Å². The molecule has 1 aliphatic rings. The molecule has 0 atom stereocenters. The zero-order chi connectivity index (χ0) is 18.0. The lowest BCUT2D eigenvalue weighted by molar-refractivity contribution is 0.0601. The molecule has 7 heteroatoms. The third-order valence-corrected chi connectivity index (χ3v) is 5.48. The van der Waals surface area contributed by atoms with Crippen molar-refractivity contribution in [2.24, 2.45) is 0 Å². The van der Waals surface area contributed by atoms with Gasteiger partial charge >= 0.3 is 5.97 Å². The average Bonchev–Trinajstić information content (AvgIpc) is 3.14. The van der Waals surface area contributed by atoms with E-state index in [1.54, 1.807) is 29.5 Å². The lowest BCUT2D eigenvalue weighted by Crippen LogP contribution is -2.20. The van der Waals surface area contributed by atoms with Crippen molar-refractivity contribution in [2.75, 3.05) is 17.7 Å². The molecular formula is C18H18N2O3S2. The zero-order valence-electron chi connectivity index (χ0n) is 14.0. The van der Waals surface area contributed by atoms with Gasteiger partial charge in [-0.25, -0.2) is 4.79 Å². The molecule has 3 rings (SSSR count). The monoisotopic (exact) mass is 374 g/mol. The topological polar surface area (TPSA) is 67.4 Å². The molecule has 130 valence electrons. The number of rotatable bonds is 4. The number of carbonyl (C=O) groups excluding carboxylic acids is 2. The number of esters is 1. The number of anilines is 2. The van der Waals surface area contributed by atoms with Gasteiger partial charge in [0.15, 0.2) is 10.9 Å². The number of methoxy groups -OCH3 is 1. The molecule has 1 aromatic heterocycles. The van der Waals surface area contributed by atoms with Crippen LogP contribution in [-0.2, 0) is 17.6 Å². The maximum atomic E-state index is 12.2. The Morgan fingerprint density at radius 3 is 2.76 bits per heavy atom. The summed E-state index contributed by atoms with van der Waals surface area (Å²) < 4.78 is 4.93. The molecule has 0 spiro atoms. The molecular weight excluding hydrogens is 356 g/mol.